The van der Waals surface area contributed by atoms with Crippen LogP contribution in [0.15, 0.2) is 48.8 Å². The second-order valence-electron chi connectivity index (χ2n) is 7.05. The Hall–Kier alpha value is -3.06. The molecule has 1 saturated heterocycles. The van der Waals surface area contributed by atoms with E-state index in [-0.39, 0.29) is 5.02 Å². The van der Waals surface area contributed by atoms with Gasteiger partial charge >= 0.3 is 0 Å². The third kappa shape index (κ3) is 3.11. The van der Waals surface area contributed by atoms with Gasteiger partial charge in [0, 0.05) is 24.0 Å². The Morgan fingerprint density at radius 1 is 0.966 bits per heavy atom. The van der Waals surface area contributed by atoms with Gasteiger partial charge in [-0.25, -0.2) is 9.37 Å². The van der Waals surface area contributed by atoms with E-state index >= 15 is 4.39 Å². The quantitative estimate of drug-likeness (QED) is 0.493. The van der Waals surface area contributed by atoms with Crippen LogP contribution in [0, 0.1) is 5.82 Å². The van der Waals surface area contributed by atoms with Gasteiger partial charge < -0.3 is 4.90 Å². The zero-order valence-corrected chi connectivity index (χ0v) is 16.3. The number of rotatable bonds is 3. The maximum absolute atomic E-state index is 15.3. The van der Waals surface area contributed by atoms with Crippen molar-refractivity contribution in [2.45, 2.75) is 19.3 Å². The maximum atomic E-state index is 15.3. The molecule has 0 aliphatic carbocycles. The van der Waals surface area contributed by atoms with E-state index in [1.807, 2.05) is 30.3 Å². The molecule has 1 aliphatic heterocycles. The van der Waals surface area contributed by atoms with Gasteiger partial charge in [0.2, 0.25) is 5.82 Å². The summed E-state index contributed by atoms with van der Waals surface area (Å²) in [6.45, 7) is 1.72. The van der Waals surface area contributed by atoms with Crippen LogP contribution in [-0.4, -0.2) is 38.3 Å². The molecule has 2 aromatic carbocycles. The molecule has 1 fully saturated rings. The van der Waals surface area contributed by atoms with Crippen LogP contribution in [0.25, 0.3) is 27.8 Å². The van der Waals surface area contributed by atoms with E-state index in [0.29, 0.717) is 16.7 Å². The fourth-order valence-corrected chi connectivity index (χ4v) is 4.13. The van der Waals surface area contributed by atoms with Crippen molar-refractivity contribution in [2.75, 3.05) is 18.0 Å². The van der Waals surface area contributed by atoms with Gasteiger partial charge in [0.1, 0.15) is 0 Å². The molecule has 0 bridgehead atoms. The largest absolute Gasteiger partial charge is 0.368 e. The number of hydrogen-bond acceptors (Lipinski definition) is 5. The molecule has 0 atom stereocenters. The molecule has 0 radical (unpaired) electrons. The van der Waals surface area contributed by atoms with Crippen molar-refractivity contribution in [3.05, 3.63) is 59.6 Å². The first-order valence-electron chi connectivity index (χ1n) is 9.59. The number of hydrogen-bond donors (Lipinski definition) is 0. The van der Waals surface area contributed by atoms with Crippen molar-refractivity contribution in [1.82, 2.24) is 25.2 Å². The van der Waals surface area contributed by atoms with Crippen LogP contribution < -0.4 is 4.90 Å². The van der Waals surface area contributed by atoms with Crippen LogP contribution in [0.3, 0.4) is 0 Å². The molecule has 6 nitrogen and oxygen atoms in total. The number of halogens is 2. The average Bonchev–Trinajstić information content (AvgIpc) is 3.31. The van der Waals surface area contributed by atoms with Crippen LogP contribution in [0.5, 0.6) is 0 Å². The number of anilines is 1. The highest BCUT2D eigenvalue weighted by Crippen LogP contribution is 2.43. The zero-order valence-electron chi connectivity index (χ0n) is 15.6. The number of piperidine rings is 1. The second kappa shape index (κ2) is 7.40. The molecule has 146 valence electrons. The van der Waals surface area contributed by atoms with Gasteiger partial charge in [-0.05, 0) is 42.2 Å². The molecular formula is C21H18ClFN6. The molecule has 5 rings (SSSR count). The van der Waals surface area contributed by atoms with E-state index < -0.39 is 5.82 Å². The van der Waals surface area contributed by atoms with Crippen LogP contribution in [-0.2, 0) is 0 Å². The van der Waals surface area contributed by atoms with E-state index in [2.05, 4.69) is 20.3 Å². The summed E-state index contributed by atoms with van der Waals surface area (Å²) in [5.41, 5.74) is 2.95. The van der Waals surface area contributed by atoms with Gasteiger partial charge in [-0.1, -0.05) is 41.9 Å². The zero-order chi connectivity index (χ0) is 19.8. The highest BCUT2D eigenvalue weighted by molar-refractivity contribution is 6.31. The minimum Gasteiger partial charge on any atom is -0.368 e. The predicted octanol–water partition coefficient (Wildman–Crippen LogP) is 4.66. The molecular weight excluding hydrogens is 391 g/mol. The molecule has 0 amide bonds. The summed E-state index contributed by atoms with van der Waals surface area (Å²) < 4.78 is 15.3. The summed E-state index contributed by atoms with van der Waals surface area (Å²) in [6.07, 6.45) is 4.68. The number of fused-ring (bicyclic) bond motifs is 1. The lowest BCUT2D eigenvalue weighted by atomic mass is 9.96. The first-order chi connectivity index (χ1) is 14.2. The SMILES string of the molecule is Fc1c(Cl)ccc2nc(-n3ncnn3)c(N3CCCCC3)c(-c3ccccc3)c12. The third-order valence-electron chi connectivity index (χ3n) is 5.27. The fourth-order valence-electron chi connectivity index (χ4n) is 3.98. The van der Waals surface area contributed by atoms with Gasteiger partial charge in [-0.15, -0.1) is 15.0 Å². The third-order valence-corrected chi connectivity index (χ3v) is 5.56. The van der Waals surface area contributed by atoms with Crippen LogP contribution in [0.2, 0.25) is 5.02 Å². The minimum absolute atomic E-state index is 0.0766. The average molecular weight is 409 g/mol. The number of aromatic nitrogens is 5. The molecule has 29 heavy (non-hydrogen) atoms. The summed E-state index contributed by atoms with van der Waals surface area (Å²) in [6, 6.07) is 13.0. The Morgan fingerprint density at radius 2 is 1.76 bits per heavy atom. The summed E-state index contributed by atoms with van der Waals surface area (Å²) in [5.74, 6) is 0.0735. The van der Waals surface area contributed by atoms with Crippen LogP contribution >= 0.6 is 11.6 Å². The molecule has 3 heterocycles. The smallest absolute Gasteiger partial charge is 0.201 e. The van der Waals surface area contributed by atoms with Crippen molar-refractivity contribution in [3.63, 3.8) is 0 Å². The first-order valence-corrected chi connectivity index (χ1v) is 9.97. The Morgan fingerprint density at radius 3 is 2.48 bits per heavy atom. The van der Waals surface area contributed by atoms with E-state index in [0.717, 1.165) is 42.7 Å². The van der Waals surface area contributed by atoms with Crippen molar-refractivity contribution >= 4 is 28.2 Å². The highest BCUT2D eigenvalue weighted by atomic mass is 35.5. The lowest BCUT2D eigenvalue weighted by Gasteiger charge is -2.32. The Kier molecular flexibility index (Phi) is 4.60. The number of nitrogens with zero attached hydrogens (tertiary/aromatic N) is 6. The van der Waals surface area contributed by atoms with Crippen LogP contribution in [0.1, 0.15) is 19.3 Å². The van der Waals surface area contributed by atoms with Crippen molar-refractivity contribution in [3.8, 4) is 16.9 Å². The van der Waals surface area contributed by atoms with E-state index in [1.165, 1.54) is 23.6 Å². The summed E-state index contributed by atoms with van der Waals surface area (Å²) in [7, 11) is 0. The van der Waals surface area contributed by atoms with Gasteiger partial charge in [-0.3, -0.25) is 0 Å². The summed E-state index contributed by atoms with van der Waals surface area (Å²) >= 11 is 6.17. The van der Waals surface area contributed by atoms with Gasteiger partial charge in [0.25, 0.3) is 0 Å². The van der Waals surface area contributed by atoms with E-state index in [4.69, 9.17) is 16.6 Å². The van der Waals surface area contributed by atoms with Gasteiger partial charge in [0.05, 0.1) is 16.2 Å². The van der Waals surface area contributed by atoms with Crippen LogP contribution in [0.4, 0.5) is 10.1 Å². The molecule has 0 N–H and O–H groups in total. The number of pyridine rings is 1. The second-order valence-corrected chi connectivity index (χ2v) is 7.46. The number of tetrazole rings is 1. The van der Waals surface area contributed by atoms with E-state index in [9.17, 15) is 0 Å². The minimum atomic E-state index is -0.466. The lowest BCUT2D eigenvalue weighted by Crippen LogP contribution is -2.31. The fraction of sp³-hybridized carbons (Fsp3) is 0.238. The molecule has 1 aliphatic rings. The van der Waals surface area contributed by atoms with Gasteiger partial charge in [-0.2, -0.15) is 0 Å². The summed E-state index contributed by atoms with van der Waals surface area (Å²) in [4.78, 5) is 8.39. The Labute approximate surface area is 171 Å². The molecule has 4 aromatic rings. The monoisotopic (exact) mass is 408 g/mol. The normalized spacial score (nSPS) is 14.5. The number of benzene rings is 2. The standard InChI is InChI=1S/C21H18ClFN6/c22-15-9-10-16-18(19(15)23)17(14-7-3-1-4-8-14)20(28-11-5-2-6-12-28)21(26-16)29-25-13-24-27-29/h1,3-4,7-10,13H,2,5-6,11-12H2. The van der Waals surface area contributed by atoms with Crippen molar-refractivity contribution < 1.29 is 4.39 Å². The molecule has 0 saturated carbocycles. The molecule has 0 spiro atoms. The van der Waals surface area contributed by atoms with Gasteiger partial charge in [0.15, 0.2) is 12.1 Å². The summed E-state index contributed by atoms with van der Waals surface area (Å²) in [5, 5.41) is 12.6. The lowest BCUT2D eigenvalue weighted by molar-refractivity contribution is 0.574. The van der Waals surface area contributed by atoms with Crippen molar-refractivity contribution in [1.29, 1.82) is 0 Å². The molecule has 2 aromatic heterocycles. The Bertz CT molecular complexity index is 1160. The van der Waals surface area contributed by atoms with E-state index in [1.54, 1.807) is 6.07 Å². The Balaban J connectivity index is 1.93. The highest BCUT2D eigenvalue weighted by Gasteiger charge is 2.27. The molecule has 8 heteroatoms. The molecule has 0 unspecified atom stereocenters. The topological polar surface area (TPSA) is 59.7 Å². The first kappa shape index (κ1) is 18.0. The van der Waals surface area contributed by atoms with Crippen molar-refractivity contribution in [2.24, 2.45) is 0 Å². The maximum Gasteiger partial charge on any atom is 0.201 e. The predicted molar refractivity (Wildman–Crippen MR) is 111 cm³/mol.